The van der Waals surface area contributed by atoms with Crippen LogP contribution in [0.5, 0.6) is 0 Å². The van der Waals surface area contributed by atoms with Crippen molar-refractivity contribution in [2.24, 2.45) is 11.8 Å². The van der Waals surface area contributed by atoms with E-state index in [1.54, 1.807) is 11.1 Å². The molecule has 4 aliphatic rings. The largest absolute Gasteiger partial charge is 0.494 e. The summed E-state index contributed by atoms with van der Waals surface area (Å²) in [7, 11) is 1.89. The number of rotatable bonds is 15. The minimum Gasteiger partial charge on any atom is -0.399 e. The molecule has 2 nitrogen and oxygen atoms in total. The van der Waals surface area contributed by atoms with Crippen LogP contribution in [0.1, 0.15) is 178 Å². The van der Waals surface area contributed by atoms with Crippen LogP contribution in [0.25, 0.3) is 33.4 Å². The van der Waals surface area contributed by atoms with Crippen molar-refractivity contribution < 1.29 is 9.31 Å². The van der Waals surface area contributed by atoms with Crippen molar-refractivity contribution in [1.82, 2.24) is 0 Å². The van der Waals surface area contributed by atoms with Crippen LogP contribution in [0.4, 0.5) is 0 Å². The molecule has 1 aliphatic heterocycles. The third-order valence-corrected chi connectivity index (χ3v) is 16.6. The molecule has 2 saturated carbocycles. The molecule has 4 aromatic rings. The van der Waals surface area contributed by atoms with Gasteiger partial charge in [0.05, 0.1) is 11.2 Å². The fourth-order valence-electron chi connectivity index (χ4n) is 13.4. The zero-order chi connectivity index (χ0) is 42.6. The van der Waals surface area contributed by atoms with E-state index in [2.05, 4.69) is 138 Å². The summed E-state index contributed by atoms with van der Waals surface area (Å²) < 4.78 is 13.1. The summed E-state index contributed by atoms with van der Waals surface area (Å²) in [6.45, 7) is 22.6. The van der Waals surface area contributed by atoms with Gasteiger partial charge in [-0.05, 0) is 177 Å². The topological polar surface area (TPSA) is 18.5 Å². The lowest BCUT2D eigenvalue weighted by molar-refractivity contribution is 0.00578. The molecule has 0 aromatic heterocycles. The first-order chi connectivity index (χ1) is 28.6. The van der Waals surface area contributed by atoms with Gasteiger partial charge in [0, 0.05) is 10.8 Å². The van der Waals surface area contributed by atoms with E-state index in [0.717, 1.165) is 17.3 Å². The summed E-state index contributed by atoms with van der Waals surface area (Å²) in [4.78, 5) is 0. The Balaban J connectivity index is 1.26. The number of hydrogen-bond donors (Lipinski definition) is 0. The molecular weight excluding hydrogens is 726 g/mol. The molecule has 2 atom stereocenters. The number of fused-ring (bicyclic) bond motifs is 3. The van der Waals surface area contributed by atoms with Gasteiger partial charge >= 0.3 is 7.12 Å². The lowest BCUT2D eigenvalue weighted by Crippen LogP contribution is -2.43. The van der Waals surface area contributed by atoms with Crippen LogP contribution in [-0.4, -0.2) is 26.2 Å². The van der Waals surface area contributed by atoms with Crippen LogP contribution < -0.4 is 10.9 Å². The van der Waals surface area contributed by atoms with E-state index in [1.807, 2.05) is 0 Å². The predicted molar refractivity (Wildman–Crippen MR) is 261 cm³/mol. The SMILES string of the molecule is Bc1cc(C)c(-c2ccc3c(c2)[C@]24CC(CCCCCCC)C[C@]2(CC(CCCCCCC)C4)c2cc(-c4c(C)cc(B5OC(C)(C)C(C)(C)O5)cc4C)ccc2-3)c(C)c1. The number of aryl methyl sites for hydroxylation is 4. The average molecular weight is 803 g/mol. The zero-order valence-corrected chi connectivity index (χ0v) is 39.6. The predicted octanol–water partition coefficient (Wildman–Crippen LogP) is 13.5. The fourth-order valence-corrected chi connectivity index (χ4v) is 13.4. The molecule has 60 heavy (non-hydrogen) atoms. The average Bonchev–Trinajstić information content (AvgIpc) is 3.76. The highest BCUT2D eigenvalue weighted by atomic mass is 16.7. The van der Waals surface area contributed by atoms with E-state index in [9.17, 15) is 0 Å². The van der Waals surface area contributed by atoms with E-state index in [0.29, 0.717) is 0 Å². The first kappa shape index (κ1) is 43.6. The highest BCUT2D eigenvalue weighted by Crippen LogP contribution is 2.73. The van der Waals surface area contributed by atoms with Gasteiger partial charge in [-0.2, -0.15) is 0 Å². The van der Waals surface area contributed by atoms with Crippen molar-refractivity contribution in [3.63, 3.8) is 0 Å². The molecule has 3 aliphatic carbocycles. The van der Waals surface area contributed by atoms with Gasteiger partial charge in [-0.3, -0.25) is 0 Å². The van der Waals surface area contributed by atoms with Crippen LogP contribution >= 0.6 is 0 Å². The lowest BCUT2D eigenvalue weighted by atomic mass is 9.55. The quantitative estimate of drug-likeness (QED) is 0.0880. The van der Waals surface area contributed by atoms with Gasteiger partial charge < -0.3 is 9.31 Å². The second-order valence-electron chi connectivity index (χ2n) is 21.5. The van der Waals surface area contributed by atoms with Crippen LogP contribution in [-0.2, 0) is 20.1 Å². The molecule has 0 spiro atoms. The molecule has 1 saturated heterocycles. The maximum atomic E-state index is 6.55. The summed E-state index contributed by atoms with van der Waals surface area (Å²) in [5.41, 5.74) is 19.5. The Kier molecular flexibility index (Phi) is 12.3. The van der Waals surface area contributed by atoms with Crippen molar-refractivity contribution in [1.29, 1.82) is 0 Å². The van der Waals surface area contributed by atoms with Gasteiger partial charge in [-0.15, -0.1) is 0 Å². The Hall–Kier alpha value is -3.07. The van der Waals surface area contributed by atoms with E-state index in [4.69, 9.17) is 9.31 Å². The maximum absolute atomic E-state index is 6.55. The summed E-state index contributed by atoms with van der Waals surface area (Å²) in [5, 5.41) is 0. The molecule has 318 valence electrons. The third-order valence-electron chi connectivity index (χ3n) is 16.6. The van der Waals surface area contributed by atoms with E-state index in [1.165, 1.54) is 164 Å². The van der Waals surface area contributed by atoms with E-state index < -0.39 is 0 Å². The van der Waals surface area contributed by atoms with Gasteiger partial charge in [0.1, 0.15) is 7.85 Å². The van der Waals surface area contributed by atoms with Crippen LogP contribution in [0, 0.1) is 39.5 Å². The first-order valence-electron chi connectivity index (χ1n) is 24.5. The summed E-state index contributed by atoms with van der Waals surface area (Å²) in [5.74, 6) is 1.54. The Labute approximate surface area is 367 Å². The summed E-state index contributed by atoms with van der Waals surface area (Å²) in [6.07, 6.45) is 21.8. The zero-order valence-electron chi connectivity index (χ0n) is 39.6. The van der Waals surface area contributed by atoms with E-state index >= 15 is 0 Å². The van der Waals surface area contributed by atoms with Gasteiger partial charge in [0.15, 0.2) is 0 Å². The second kappa shape index (κ2) is 16.9. The van der Waals surface area contributed by atoms with Crippen LogP contribution in [0.3, 0.4) is 0 Å². The number of unbranched alkanes of at least 4 members (excludes halogenated alkanes) is 8. The van der Waals surface area contributed by atoms with Crippen molar-refractivity contribution in [3.8, 4) is 33.4 Å². The smallest absolute Gasteiger partial charge is 0.399 e. The lowest BCUT2D eigenvalue weighted by Gasteiger charge is -2.48. The molecule has 4 heteroatoms. The molecule has 0 amide bonds. The summed E-state index contributed by atoms with van der Waals surface area (Å²) >= 11 is 0. The Morgan fingerprint density at radius 2 is 0.917 bits per heavy atom. The van der Waals surface area contributed by atoms with Crippen molar-refractivity contribution in [2.75, 3.05) is 0 Å². The molecular formula is C56H76B2O2. The van der Waals surface area contributed by atoms with E-state index in [-0.39, 0.29) is 29.2 Å². The minimum atomic E-state index is -0.361. The normalized spacial score (nSPS) is 24.7. The van der Waals surface area contributed by atoms with Crippen molar-refractivity contribution in [3.05, 3.63) is 94.0 Å². The fraction of sp³-hybridized carbons (Fsp3) is 0.571. The third kappa shape index (κ3) is 7.61. The molecule has 0 N–H and O–H groups in total. The molecule has 8 rings (SSSR count). The Morgan fingerprint density at radius 3 is 1.32 bits per heavy atom. The number of hydrogen-bond acceptors (Lipinski definition) is 2. The molecule has 0 bridgehead atoms. The van der Waals surface area contributed by atoms with Crippen LogP contribution in [0.15, 0.2) is 60.7 Å². The van der Waals surface area contributed by atoms with Gasteiger partial charge in [0.2, 0.25) is 0 Å². The highest BCUT2D eigenvalue weighted by molar-refractivity contribution is 6.62. The Bertz CT molecular complexity index is 2120. The minimum absolute atomic E-state index is 0.161. The number of benzene rings is 4. The molecule has 3 fully saturated rings. The molecule has 4 aromatic carbocycles. The molecule has 1 heterocycles. The first-order valence-corrected chi connectivity index (χ1v) is 24.5. The van der Waals surface area contributed by atoms with Crippen LogP contribution in [0.2, 0.25) is 0 Å². The van der Waals surface area contributed by atoms with Crippen molar-refractivity contribution in [2.45, 2.75) is 194 Å². The van der Waals surface area contributed by atoms with Gasteiger partial charge in [-0.25, -0.2) is 0 Å². The molecule has 2 unspecified atom stereocenters. The molecule has 0 radical (unpaired) electrons. The van der Waals surface area contributed by atoms with Crippen molar-refractivity contribution >= 4 is 25.9 Å². The highest BCUT2D eigenvalue weighted by Gasteiger charge is 2.66. The van der Waals surface area contributed by atoms with Gasteiger partial charge in [-0.1, -0.05) is 145 Å². The summed E-state index contributed by atoms with van der Waals surface area (Å²) in [6, 6.07) is 24.9. The monoisotopic (exact) mass is 803 g/mol. The van der Waals surface area contributed by atoms with Gasteiger partial charge in [0.25, 0.3) is 0 Å². The maximum Gasteiger partial charge on any atom is 0.494 e. The Morgan fingerprint density at radius 1 is 0.533 bits per heavy atom. The standard InChI is InChI=1S/C56H76B2O2/c1-11-13-15-17-19-21-41-33-55-34-42(22-20-18-16-14-12-2)36-56(55,35-41)50-32-44(52-39(5)29-46(30-40(52)6)58-59-53(7,8)54(9,10)60-58)24-26-48(50)47-25-23-43(31-49(47)55)51-37(3)27-45(57)28-38(51)4/h23-32,41-42H,11-22,33-36,57H2,1-10H3/t41?,42?,55-,56+. The second-order valence-corrected chi connectivity index (χ2v) is 21.5.